The Labute approximate surface area is 82.0 Å². The van der Waals surface area contributed by atoms with Crippen LogP contribution in [0.1, 0.15) is 24.5 Å². The Morgan fingerprint density at radius 3 is 2.79 bits per heavy atom. The standard InChI is InChI=1S/C11H12O3/c12-9-5-3-8(4-6-10(9)13)11-2-1-7-14-11/h3-6,11H,1-2,7H2,(H,12,13)/t11-/m0/s1. The van der Waals surface area contributed by atoms with Gasteiger partial charge >= 0.3 is 0 Å². The van der Waals surface area contributed by atoms with Gasteiger partial charge in [0.15, 0.2) is 5.75 Å². The van der Waals surface area contributed by atoms with Crippen molar-refractivity contribution in [2.75, 3.05) is 6.61 Å². The maximum Gasteiger partial charge on any atom is 0.220 e. The van der Waals surface area contributed by atoms with Crippen molar-refractivity contribution >= 4 is 0 Å². The molecule has 0 saturated carbocycles. The van der Waals surface area contributed by atoms with E-state index < -0.39 is 0 Å². The first kappa shape index (κ1) is 9.21. The van der Waals surface area contributed by atoms with Gasteiger partial charge in [-0.15, -0.1) is 0 Å². The minimum atomic E-state index is -0.353. The van der Waals surface area contributed by atoms with Gasteiger partial charge in [0.1, 0.15) is 0 Å². The average Bonchev–Trinajstić information content (AvgIpc) is 2.65. The lowest BCUT2D eigenvalue weighted by molar-refractivity contribution is 0.112. The summed E-state index contributed by atoms with van der Waals surface area (Å²) >= 11 is 0. The Bertz CT molecular complexity index is 381. The largest absolute Gasteiger partial charge is 0.504 e. The van der Waals surface area contributed by atoms with Gasteiger partial charge in [-0.2, -0.15) is 0 Å². The molecule has 1 aromatic carbocycles. The van der Waals surface area contributed by atoms with E-state index >= 15 is 0 Å². The molecule has 1 aliphatic rings. The van der Waals surface area contributed by atoms with Gasteiger partial charge in [0.2, 0.25) is 5.43 Å². The van der Waals surface area contributed by atoms with Crippen molar-refractivity contribution in [1.29, 1.82) is 0 Å². The third kappa shape index (κ3) is 1.77. The Hall–Kier alpha value is -1.35. The fraction of sp³-hybridized carbons (Fsp3) is 0.364. The number of ether oxygens (including phenoxy) is 1. The Morgan fingerprint density at radius 1 is 1.29 bits per heavy atom. The number of hydrogen-bond acceptors (Lipinski definition) is 3. The summed E-state index contributed by atoms with van der Waals surface area (Å²) in [5.74, 6) is -0.214. The van der Waals surface area contributed by atoms with Crippen molar-refractivity contribution in [3.63, 3.8) is 0 Å². The highest BCUT2D eigenvalue weighted by molar-refractivity contribution is 5.25. The first-order chi connectivity index (χ1) is 6.77. The molecule has 1 aliphatic heterocycles. The van der Waals surface area contributed by atoms with Crippen molar-refractivity contribution in [3.05, 3.63) is 40.1 Å². The van der Waals surface area contributed by atoms with Gasteiger partial charge in [0.25, 0.3) is 0 Å². The molecule has 1 fully saturated rings. The van der Waals surface area contributed by atoms with Gasteiger partial charge in [0, 0.05) is 6.61 Å². The minimum Gasteiger partial charge on any atom is -0.504 e. The lowest BCUT2D eigenvalue weighted by Gasteiger charge is -2.06. The summed E-state index contributed by atoms with van der Waals surface area (Å²) in [4.78, 5) is 11.1. The molecular weight excluding hydrogens is 180 g/mol. The molecule has 1 aromatic rings. The van der Waals surface area contributed by atoms with Crippen molar-refractivity contribution in [2.24, 2.45) is 0 Å². The maximum absolute atomic E-state index is 11.1. The molecular formula is C11H12O3. The molecule has 1 atom stereocenters. The highest BCUT2D eigenvalue weighted by Gasteiger charge is 2.16. The molecule has 0 radical (unpaired) electrons. The van der Waals surface area contributed by atoms with Crippen molar-refractivity contribution in [3.8, 4) is 5.75 Å². The molecule has 0 bridgehead atoms. The highest BCUT2D eigenvalue weighted by atomic mass is 16.5. The molecule has 1 N–H and O–H groups in total. The van der Waals surface area contributed by atoms with Gasteiger partial charge in [-0.25, -0.2) is 0 Å². The third-order valence-corrected chi connectivity index (χ3v) is 2.41. The summed E-state index contributed by atoms with van der Waals surface area (Å²) in [5.41, 5.74) is 0.606. The number of aromatic hydroxyl groups is 1. The van der Waals surface area contributed by atoms with Gasteiger partial charge in [-0.3, -0.25) is 4.79 Å². The molecule has 1 heterocycles. The van der Waals surface area contributed by atoms with Gasteiger partial charge in [-0.1, -0.05) is 12.1 Å². The van der Waals surface area contributed by atoms with E-state index in [1.54, 1.807) is 12.1 Å². The molecule has 74 valence electrons. The Balaban J connectivity index is 2.36. The molecule has 1 saturated heterocycles. The van der Waals surface area contributed by atoms with E-state index in [-0.39, 0.29) is 17.3 Å². The van der Waals surface area contributed by atoms with E-state index in [4.69, 9.17) is 4.74 Å². The molecule has 3 nitrogen and oxygen atoms in total. The van der Waals surface area contributed by atoms with Crippen LogP contribution in [-0.2, 0) is 4.74 Å². The zero-order chi connectivity index (χ0) is 9.97. The van der Waals surface area contributed by atoms with Crippen LogP contribution in [0.15, 0.2) is 29.1 Å². The lowest BCUT2D eigenvalue weighted by Crippen LogP contribution is -1.94. The van der Waals surface area contributed by atoms with Crippen molar-refractivity contribution in [1.82, 2.24) is 0 Å². The average molecular weight is 192 g/mol. The van der Waals surface area contributed by atoms with E-state index in [9.17, 15) is 9.90 Å². The first-order valence-corrected chi connectivity index (χ1v) is 4.72. The summed E-state index contributed by atoms with van der Waals surface area (Å²) < 4.78 is 5.48. The van der Waals surface area contributed by atoms with Crippen LogP contribution in [0.4, 0.5) is 0 Å². The van der Waals surface area contributed by atoms with Gasteiger partial charge in [0.05, 0.1) is 6.10 Å². The molecule has 3 heteroatoms. The van der Waals surface area contributed by atoms with Crippen LogP contribution in [0.25, 0.3) is 0 Å². The third-order valence-electron chi connectivity index (χ3n) is 2.41. The molecule has 0 spiro atoms. The minimum absolute atomic E-state index is 0.0844. The molecule has 0 aromatic heterocycles. The first-order valence-electron chi connectivity index (χ1n) is 4.72. The summed E-state index contributed by atoms with van der Waals surface area (Å²) in [7, 11) is 0. The van der Waals surface area contributed by atoms with Gasteiger partial charge < -0.3 is 9.84 Å². The zero-order valence-electron chi connectivity index (χ0n) is 7.77. The van der Waals surface area contributed by atoms with Crippen LogP contribution in [0.5, 0.6) is 5.75 Å². The smallest absolute Gasteiger partial charge is 0.220 e. The maximum atomic E-state index is 11.1. The van der Waals surface area contributed by atoms with Gasteiger partial charge in [-0.05, 0) is 30.5 Å². The molecule has 0 aliphatic carbocycles. The summed E-state index contributed by atoms with van der Waals surface area (Å²) in [6.45, 7) is 0.777. The molecule has 0 unspecified atom stereocenters. The van der Waals surface area contributed by atoms with Crippen molar-refractivity contribution < 1.29 is 9.84 Å². The quantitative estimate of drug-likeness (QED) is 0.735. The molecule has 14 heavy (non-hydrogen) atoms. The van der Waals surface area contributed by atoms with Crippen LogP contribution >= 0.6 is 0 Å². The van der Waals surface area contributed by atoms with Crippen LogP contribution in [-0.4, -0.2) is 11.7 Å². The molecule has 2 rings (SSSR count). The SMILES string of the molecule is O=c1ccc([C@@H]2CCCO2)ccc1O. The van der Waals surface area contributed by atoms with Crippen molar-refractivity contribution in [2.45, 2.75) is 18.9 Å². The highest BCUT2D eigenvalue weighted by Crippen LogP contribution is 2.27. The van der Waals surface area contributed by atoms with E-state index in [2.05, 4.69) is 0 Å². The van der Waals surface area contributed by atoms with Crippen LogP contribution in [0.3, 0.4) is 0 Å². The second kappa shape index (κ2) is 3.80. The summed E-state index contributed by atoms with van der Waals surface area (Å²) in [5, 5.41) is 9.19. The lowest BCUT2D eigenvalue weighted by atomic mass is 10.1. The predicted molar refractivity (Wildman–Crippen MR) is 52.3 cm³/mol. The predicted octanol–water partition coefficient (Wildman–Crippen LogP) is 1.60. The second-order valence-electron chi connectivity index (χ2n) is 3.42. The summed E-state index contributed by atoms with van der Waals surface area (Å²) in [6, 6.07) is 6.27. The van der Waals surface area contributed by atoms with E-state index in [0.717, 1.165) is 25.0 Å². The monoisotopic (exact) mass is 192 g/mol. The number of hydrogen-bond donors (Lipinski definition) is 1. The normalized spacial score (nSPS) is 21.0. The van der Waals surface area contributed by atoms with E-state index in [1.165, 1.54) is 12.1 Å². The fourth-order valence-corrected chi connectivity index (χ4v) is 1.63. The Kier molecular flexibility index (Phi) is 2.50. The fourth-order valence-electron chi connectivity index (χ4n) is 1.63. The van der Waals surface area contributed by atoms with E-state index in [0.29, 0.717) is 0 Å². The summed E-state index contributed by atoms with van der Waals surface area (Å²) in [6.07, 6.45) is 2.12. The molecule has 0 amide bonds. The Morgan fingerprint density at radius 2 is 2.07 bits per heavy atom. The number of rotatable bonds is 1. The van der Waals surface area contributed by atoms with Crippen LogP contribution in [0.2, 0.25) is 0 Å². The van der Waals surface area contributed by atoms with Crippen LogP contribution in [0, 0.1) is 0 Å². The topological polar surface area (TPSA) is 46.5 Å². The van der Waals surface area contributed by atoms with E-state index in [1.807, 2.05) is 0 Å². The van der Waals surface area contributed by atoms with Crippen LogP contribution < -0.4 is 5.43 Å². The zero-order valence-corrected chi connectivity index (χ0v) is 7.77. The second-order valence-corrected chi connectivity index (χ2v) is 3.42.